The zero-order valence-corrected chi connectivity index (χ0v) is 12.4. The van der Waals surface area contributed by atoms with Crippen LogP contribution in [0.15, 0.2) is 23.8 Å². The van der Waals surface area contributed by atoms with Crippen molar-refractivity contribution in [3.8, 4) is 0 Å². The van der Waals surface area contributed by atoms with Crippen LogP contribution in [0.2, 0.25) is 0 Å². The Labute approximate surface area is 113 Å². The molecule has 0 aromatic carbocycles. The summed E-state index contributed by atoms with van der Waals surface area (Å²) in [5.74, 6) is 0. The van der Waals surface area contributed by atoms with Crippen LogP contribution in [-0.4, -0.2) is 35.1 Å². The monoisotopic (exact) mass is 299 g/mol. The predicted octanol–water partition coefficient (Wildman–Crippen LogP) is 3.33. The summed E-state index contributed by atoms with van der Waals surface area (Å²) in [4.78, 5) is 13.3. The molecule has 1 aliphatic rings. The Balaban J connectivity index is 2.38. The minimum absolute atomic E-state index is 0.261. The molecule has 1 aliphatic heterocycles. The number of rotatable bonds is 5. The summed E-state index contributed by atoms with van der Waals surface area (Å²) < 4.78 is -0.261. The van der Waals surface area contributed by atoms with Crippen molar-refractivity contribution in [1.82, 2.24) is 4.90 Å². The number of hydrogen-bond acceptors (Lipinski definition) is 2. The van der Waals surface area contributed by atoms with E-state index in [1.807, 2.05) is 0 Å². The van der Waals surface area contributed by atoms with Crippen LogP contribution in [-0.2, 0) is 4.79 Å². The lowest BCUT2D eigenvalue weighted by Crippen LogP contribution is -2.42. The van der Waals surface area contributed by atoms with E-state index in [0.29, 0.717) is 0 Å². The lowest BCUT2D eigenvalue weighted by molar-refractivity contribution is -0.110. The molecular formula is C14H22BrNO. The Hall–Kier alpha value is -0.410. The Morgan fingerprint density at radius 1 is 1.41 bits per heavy atom. The van der Waals surface area contributed by atoms with E-state index in [2.05, 4.69) is 52.9 Å². The third kappa shape index (κ3) is 5.17. The van der Waals surface area contributed by atoms with Crippen LogP contribution < -0.4 is 0 Å². The van der Waals surface area contributed by atoms with E-state index in [4.69, 9.17) is 0 Å². The minimum Gasteiger partial charge on any atom is -0.302 e. The van der Waals surface area contributed by atoms with Crippen LogP contribution >= 0.6 is 15.9 Å². The molecule has 0 aromatic rings. The number of alkyl halides is 1. The molecule has 1 rings (SSSR count). The zero-order valence-electron chi connectivity index (χ0n) is 10.8. The maximum Gasteiger partial charge on any atom is 0.136 e. The molecule has 0 N–H and O–H groups in total. The molecule has 0 atom stereocenters. The maximum atomic E-state index is 10.9. The molecule has 1 fully saturated rings. The van der Waals surface area contributed by atoms with Crippen LogP contribution in [0.25, 0.3) is 0 Å². The lowest BCUT2D eigenvalue weighted by Gasteiger charge is -2.34. The first kappa shape index (κ1) is 14.7. The van der Waals surface area contributed by atoms with Gasteiger partial charge in [0.25, 0.3) is 0 Å². The van der Waals surface area contributed by atoms with Crippen molar-refractivity contribution >= 4 is 22.2 Å². The van der Waals surface area contributed by atoms with Crippen LogP contribution in [0.4, 0.5) is 0 Å². The van der Waals surface area contributed by atoms with Crippen molar-refractivity contribution in [2.45, 2.75) is 37.4 Å². The van der Waals surface area contributed by atoms with E-state index in [0.717, 1.165) is 45.2 Å². The van der Waals surface area contributed by atoms with Crippen LogP contribution in [0.5, 0.6) is 0 Å². The highest BCUT2D eigenvalue weighted by Crippen LogP contribution is 2.29. The van der Waals surface area contributed by atoms with Gasteiger partial charge in [-0.05, 0) is 26.2 Å². The van der Waals surface area contributed by atoms with Gasteiger partial charge in [-0.3, -0.25) is 4.90 Å². The molecule has 17 heavy (non-hydrogen) atoms. The Kier molecular flexibility index (Phi) is 6.14. The van der Waals surface area contributed by atoms with Crippen molar-refractivity contribution in [2.75, 3.05) is 19.6 Å². The average Bonchev–Trinajstić information content (AvgIpc) is 2.33. The van der Waals surface area contributed by atoms with Gasteiger partial charge in [-0.1, -0.05) is 46.7 Å². The lowest BCUT2D eigenvalue weighted by atomic mass is 9.98. The second-order valence-electron chi connectivity index (χ2n) is 4.78. The summed E-state index contributed by atoms with van der Waals surface area (Å²) >= 11 is 3.52. The van der Waals surface area contributed by atoms with E-state index < -0.39 is 0 Å². The number of allylic oxidation sites excluding steroid dienone is 3. The molecule has 96 valence electrons. The summed E-state index contributed by atoms with van der Waals surface area (Å²) in [6.45, 7) is 7.30. The van der Waals surface area contributed by atoms with Gasteiger partial charge < -0.3 is 4.79 Å². The Morgan fingerprint density at radius 2 is 2.06 bits per heavy atom. The second-order valence-corrected chi connectivity index (χ2v) is 6.36. The maximum absolute atomic E-state index is 10.9. The van der Waals surface area contributed by atoms with E-state index >= 15 is 0 Å². The number of piperidine rings is 1. The Morgan fingerprint density at radius 3 is 2.59 bits per heavy atom. The standard InChI is InChI=1S/C14H22BrNO/c1-3-4-5-6-13(2)11-16-9-7-14(15,12-17)8-10-16/h4-6,12H,3,7-11H2,1-2H3/b5-4-,13-6+. The van der Waals surface area contributed by atoms with E-state index in [-0.39, 0.29) is 4.32 Å². The SMILES string of the molecule is CC/C=C\C=C(/C)CN1CCC(Br)(C=O)CC1. The minimum atomic E-state index is -0.261. The summed E-state index contributed by atoms with van der Waals surface area (Å²) in [5, 5.41) is 0. The van der Waals surface area contributed by atoms with Gasteiger partial charge >= 0.3 is 0 Å². The molecule has 0 aliphatic carbocycles. The smallest absolute Gasteiger partial charge is 0.136 e. The van der Waals surface area contributed by atoms with E-state index in [1.165, 1.54) is 5.57 Å². The molecule has 0 unspecified atom stereocenters. The topological polar surface area (TPSA) is 20.3 Å². The van der Waals surface area contributed by atoms with E-state index in [9.17, 15) is 4.79 Å². The van der Waals surface area contributed by atoms with Crippen LogP contribution in [0.1, 0.15) is 33.1 Å². The molecule has 2 nitrogen and oxygen atoms in total. The van der Waals surface area contributed by atoms with Crippen molar-refractivity contribution in [3.63, 3.8) is 0 Å². The number of hydrogen-bond donors (Lipinski definition) is 0. The predicted molar refractivity (Wildman–Crippen MR) is 76.6 cm³/mol. The third-order valence-corrected chi connectivity index (χ3v) is 4.10. The molecule has 0 saturated carbocycles. The summed E-state index contributed by atoms with van der Waals surface area (Å²) in [5.41, 5.74) is 1.38. The molecule has 0 aromatic heterocycles. The van der Waals surface area contributed by atoms with Gasteiger partial charge in [0.1, 0.15) is 6.29 Å². The average molecular weight is 300 g/mol. The number of aldehydes is 1. The summed E-state index contributed by atoms with van der Waals surface area (Å²) in [6.07, 6.45) is 10.4. The number of carbonyl (C=O) groups excluding carboxylic acids is 1. The fraction of sp³-hybridized carbons (Fsp3) is 0.643. The van der Waals surface area contributed by atoms with Gasteiger partial charge in [0.05, 0.1) is 4.32 Å². The van der Waals surface area contributed by atoms with Gasteiger partial charge in [0, 0.05) is 19.6 Å². The van der Waals surface area contributed by atoms with Gasteiger partial charge in [-0.25, -0.2) is 0 Å². The molecular weight excluding hydrogens is 278 g/mol. The second kappa shape index (κ2) is 7.12. The fourth-order valence-corrected chi connectivity index (χ4v) is 2.33. The summed E-state index contributed by atoms with van der Waals surface area (Å²) in [6, 6.07) is 0. The third-order valence-electron chi connectivity index (χ3n) is 3.12. The number of nitrogens with zero attached hydrogens (tertiary/aromatic N) is 1. The first-order valence-electron chi connectivity index (χ1n) is 6.29. The molecule has 0 radical (unpaired) electrons. The highest BCUT2D eigenvalue weighted by atomic mass is 79.9. The van der Waals surface area contributed by atoms with Gasteiger partial charge in [-0.15, -0.1) is 0 Å². The number of likely N-dealkylation sites (tertiary alicyclic amines) is 1. The molecule has 0 spiro atoms. The number of halogens is 1. The van der Waals surface area contributed by atoms with Crippen molar-refractivity contribution in [2.24, 2.45) is 0 Å². The highest BCUT2D eigenvalue weighted by Gasteiger charge is 2.31. The van der Waals surface area contributed by atoms with Gasteiger partial charge in [-0.2, -0.15) is 0 Å². The summed E-state index contributed by atoms with van der Waals surface area (Å²) in [7, 11) is 0. The molecule has 1 saturated heterocycles. The largest absolute Gasteiger partial charge is 0.302 e. The molecule has 3 heteroatoms. The van der Waals surface area contributed by atoms with Crippen molar-refractivity contribution < 1.29 is 4.79 Å². The van der Waals surface area contributed by atoms with Crippen LogP contribution in [0, 0.1) is 0 Å². The van der Waals surface area contributed by atoms with Crippen molar-refractivity contribution in [1.29, 1.82) is 0 Å². The first-order valence-corrected chi connectivity index (χ1v) is 7.09. The quantitative estimate of drug-likeness (QED) is 0.441. The normalized spacial score (nSPS) is 21.9. The Bertz CT molecular complexity index is 301. The molecule has 1 heterocycles. The fourth-order valence-electron chi connectivity index (χ4n) is 1.97. The zero-order chi connectivity index (χ0) is 12.7. The van der Waals surface area contributed by atoms with E-state index in [1.54, 1.807) is 0 Å². The molecule has 0 amide bonds. The van der Waals surface area contributed by atoms with Gasteiger partial charge in [0.15, 0.2) is 0 Å². The van der Waals surface area contributed by atoms with Crippen molar-refractivity contribution in [3.05, 3.63) is 23.8 Å². The molecule has 0 bridgehead atoms. The first-order chi connectivity index (χ1) is 8.09. The van der Waals surface area contributed by atoms with Gasteiger partial charge in [0.2, 0.25) is 0 Å². The number of carbonyl (C=O) groups is 1. The highest BCUT2D eigenvalue weighted by molar-refractivity contribution is 9.10. The van der Waals surface area contributed by atoms with Crippen LogP contribution in [0.3, 0.4) is 0 Å².